The molecule has 0 radical (unpaired) electrons. The smallest absolute Gasteiger partial charge is 0.269 e. The normalized spacial score (nSPS) is 19.7. The van der Waals surface area contributed by atoms with Crippen LogP contribution in [0.1, 0.15) is 29.5 Å². The highest BCUT2D eigenvalue weighted by Crippen LogP contribution is 2.09. The van der Waals surface area contributed by atoms with Gasteiger partial charge in [0, 0.05) is 26.7 Å². The second-order valence-corrected chi connectivity index (χ2v) is 7.70. The maximum atomic E-state index is 12.2. The van der Waals surface area contributed by atoms with Gasteiger partial charge in [0.05, 0.1) is 24.7 Å². The van der Waals surface area contributed by atoms with Crippen molar-refractivity contribution in [1.29, 1.82) is 0 Å². The van der Waals surface area contributed by atoms with E-state index in [4.69, 9.17) is 4.74 Å². The zero-order valence-corrected chi connectivity index (χ0v) is 14.6. The van der Waals surface area contributed by atoms with Crippen LogP contribution in [0.15, 0.2) is 6.07 Å². The lowest BCUT2D eigenvalue weighted by Gasteiger charge is -2.31. The number of ether oxygens (including phenoxy) is 1. The average molecular weight is 344 g/mol. The van der Waals surface area contributed by atoms with Crippen molar-refractivity contribution in [1.82, 2.24) is 19.4 Å². The topological polar surface area (TPSA) is 93.5 Å². The van der Waals surface area contributed by atoms with E-state index < -0.39 is 10.0 Å². The molecular formula is C14H24N4O4S. The van der Waals surface area contributed by atoms with E-state index >= 15 is 0 Å². The molecule has 2 heterocycles. The number of sulfonamides is 1. The molecule has 1 atom stereocenters. The number of aryl methyl sites for hydroxylation is 2. The number of carbonyl (C=O) groups excluding carboxylic acids is 1. The van der Waals surface area contributed by atoms with E-state index in [1.807, 2.05) is 0 Å². The molecule has 8 nitrogen and oxygen atoms in total. The van der Waals surface area contributed by atoms with Gasteiger partial charge in [0.25, 0.3) is 5.91 Å². The standard InChI is InChI=1S/C14H24N4O4S/c1-4-5-11-8-13(17(2)16-11)14(19)15-9-12-10-18(6-7-22-12)23(3,20)21/h8,12H,4-7,9-10H2,1-3H3,(H,15,19). The van der Waals surface area contributed by atoms with Crippen LogP contribution in [0.2, 0.25) is 0 Å². The monoisotopic (exact) mass is 344 g/mol. The van der Waals surface area contributed by atoms with Gasteiger partial charge < -0.3 is 10.1 Å². The predicted molar refractivity (Wildman–Crippen MR) is 85.7 cm³/mol. The van der Waals surface area contributed by atoms with Gasteiger partial charge >= 0.3 is 0 Å². The first-order chi connectivity index (χ1) is 10.8. The van der Waals surface area contributed by atoms with Crippen molar-refractivity contribution in [3.63, 3.8) is 0 Å². The first-order valence-corrected chi connectivity index (χ1v) is 9.54. The van der Waals surface area contributed by atoms with Crippen LogP contribution in [0.4, 0.5) is 0 Å². The number of hydrogen-bond acceptors (Lipinski definition) is 5. The highest BCUT2D eigenvalue weighted by atomic mass is 32.2. The third-order valence-electron chi connectivity index (χ3n) is 3.73. The van der Waals surface area contributed by atoms with Crippen LogP contribution < -0.4 is 5.32 Å². The van der Waals surface area contributed by atoms with Gasteiger partial charge in [-0.25, -0.2) is 8.42 Å². The van der Waals surface area contributed by atoms with Gasteiger partial charge in [0.15, 0.2) is 0 Å². The van der Waals surface area contributed by atoms with Crippen molar-refractivity contribution >= 4 is 15.9 Å². The summed E-state index contributed by atoms with van der Waals surface area (Å²) in [4.78, 5) is 12.2. The molecule has 1 unspecified atom stereocenters. The second-order valence-electron chi connectivity index (χ2n) is 5.72. The molecular weight excluding hydrogens is 320 g/mol. The molecule has 1 aromatic rings. The third-order valence-corrected chi connectivity index (χ3v) is 5.00. The molecule has 1 aliphatic heterocycles. The maximum absolute atomic E-state index is 12.2. The number of amides is 1. The third kappa shape index (κ3) is 4.76. The summed E-state index contributed by atoms with van der Waals surface area (Å²) in [5.41, 5.74) is 1.38. The average Bonchev–Trinajstić information content (AvgIpc) is 2.85. The molecule has 1 fully saturated rings. The maximum Gasteiger partial charge on any atom is 0.269 e. The summed E-state index contributed by atoms with van der Waals surface area (Å²) in [5.74, 6) is -0.234. The molecule has 130 valence electrons. The van der Waals surface area contributed by atoms with Crippen LogP contribution in [0.25, 0.3) is 0 Å². The number of nitrogens with one attached hydrogen (secondary N) is 1. The molecule has 1 aliphatic rings. The van der Waals surface area contributed by atoms with E-state index in [9.17, 15) is 13.2 Å². The summed E-state index contributed by atoms with van der Waals surface area (Å²) in [6.07, 6.45) is 2.63. The Morgan fingerprint density at radius 3 is 2.91 bits per heavy atom. The van der Waals surface area contributed by atoms with Crippen LogP contribution in [-0.2, 0) is 28.2 Å². The number of aromatic nitrogens is 2. The molecule has 1 N–H and O–H groups in total. The lowest BCUT2D eigenvalue weighted by atomic mass is 10.2. The molecule has 0 aromatic carbocycles. The number of rotatable bonds is 6. The van der Waals surface area contributed by atoms with Gasteiger partial charge in [-0.15, -0.1) is 0 Å². The van der Waals surface area contributed by atoms with Crippen LogP contribution in [0.3, 0.4) is 0 Å². The zero-order valence-electron chi connectivity index (χ0n) is 13.8. The quantitative estimate of drug-likeness (QED) is 0.769. The van der Waals surface area contributed by atoms with E-state index in [-0.39, 0.29) is 25.1 Å². The van der Waals surface area contributed by atoms with Crippen molar-refractivity contribution in [2.24, 2.45) is 7.05 Å². The van der Waals surface area contributed by atoms with Gasteiger partial charge in [-0.05, 0) is 12.5 Å². The van der Waals surface area contributed by atoms with E-state index in [1.54, 1.807) is 17.8 Å². The van der Waals surface area contributed by atoms with Gasteiger partial charge in [-0.2, -0.15) is 9.40 Å². The molecule has 2 rings (SSSR count). The molecule has 0 aliphatic carbocycles. The first-order valence-electron chi connectivity index (χ1n) is 7.69. The van der Waals surface area contributed by atoms with Gasteiger partial charge in [0.1, 0.15) is 5.69 Å². The van der Waals surface area contributed by atoms with E-state index in [0.29, 0.717) is 18.8 Å². The molecule has 0 saturated carbocycles. The SMILES string of the molecule is CCCc1cc(C(=O)NCC2CN(S(C)(=O)=O)CCO2)n(C)n1. The Kier molecular flexibility index (Phi) is 5.77. The van der Waals surface area contributed by atoms with Crippen LogP contribution >= 0.6 is 0 Å². The van der Waals surface area contributed by atoms with Crippen molar-refractivity contribution in [3.05, 3.63) is 17.5 Å². The summed E-state index contributed by atoms with van der Waals surface area (Å²) in [7, 11) is -1.50. The van der Waals surface area contributed by atoms with E-state index in [0.717, 1.165) is 18.5 Å². The molecule has 0 spiro atoms. The molecule has 23 heavy (non-hydrogen) atoms. The van der Waals surface area contributed by atoms with Crippen LogP contribution in [0, 0.1) is 0 Å². The Balaban J connectivity index is 1.91. The first kappa shape index (κ1) is 17.9. The molecule has 1 aromatic heterocycles. The second kappa shape index (κ2) is 7.41. The Morgan fingerprint density at radius 1 is 1.52 bits per heavy atom. The minimum Gasteiger partial charge on any atom is -0.374 e. The molecule has 9 heteroatoms. The van der Waals surface area contributed by atoms with Crippen molar-refractivity contribution in [2.45, 2.75) is 25.9 Å². The molecule has 1 saturated heterocycles. The zero-order chi connectivity index (χ0) is 17.0. The number of nitrogens with zero attached hydrogens (tertiary/aromatic N) is 3. The summed E-state index contributed by atoms with van der Waals surface area (Å²) in [6.45, 7) is 3.26. The van der Waals surface area contributed by atoms with E-state index in [1.165, 1.54) is 10.6 Å². The van der Waals surface area contributed by atoms with Crippen LogP contribution in [0.5, 0.6) is 0 Å². The predicted octanol–water partition coefficient (Wildman–Crippen LogP) is -0.237. The number of carbonyl (C=O) groups is 1. The van der Waals surface area contributed by atoms with Gasteiger partial charge in [-0.3, -0.25) is 9.48 Å². The summed E-state index contributed by atoms with van der Waals surface area (Å²) in [6, 6.07) is 1.78. The van der Waals surface area contributed by atoms with Crippen LogP contribution in [-0.4, -0.2) is 67.0 Å². The minimum atomic E-state index is -3.23. The Labute approximate surface area is 136 Å². The molecule has 1 amide bonds. The Morgan fingerprint density at radius 2 is 2.26 bits per heavy atom. The fourth-order valence-corrected chi connectivity index (χ4v) is 3.37. The number of morpholine rings is 1. The van der Waals surface area contributed by atoms with Gasteiger partial charge in [0.2, 0.25) is 10.0 Å². The van der Waals surface area contributed by atoms with Crippen molar-refractivity contribution < 1.29 is 17.9 Å². The fraction of sp³-hybridized carbons (Fsp3) is 0.714. The highest BCUT2D eigenvalue weighted by molar-refractivity contribution is 7.88. The minimum absolute atomic E-state index is 0.234. The molecule has 0 bridgehead atoms. The Hall–Kier alpha value is -1.45. The largest absolute Gasteiger partial charge is 0.374 e. The summed E-state index contributed by atoms with van der Waals surface area (Å²) >= 11 is 0. The lowest BCUT2D eigenvalue weighted by molar-refractivity contribution is 0.000389. The number of hydrogen-bond donors (Lipinski definition) is 1. The van der Waals surface area contributed by atoms with Crippen molar-refractivity contribution in [2.75, 3.05) is 32.5 Å². The van der Waals surface area contributed by atoms with E-state index in [2.05, 4.69) is 17.3 Å². The summed E-state index contributed by atoms with van der Waals surface area (Å²) in [5, 5.41) is 7.09. The van der Waals surface area contributed by atoms with Crippen molar-refractivity contribution in [3.8, 4) is 0 Å². The Bertz CT molecular complexity index is 656. The highest BCUT2D eigenvalue weighted by Gasteiger charge is 2.27. The fourth-order valence-electron chi connectivity index (χ4n) is 2.53. The van der Waals surface area contributed by atoms with Gasteiger partial charge in [-0.1, -0.05) is 13.3 Å². The lowest BCUT2D eigenvalue weighted by Crippen LogP contribution is -2.49. The summed E-state index contributed by atoms with van der Waals surface area (Å²) < 4.78 is 31.6.